The van der Waals surface area contributed by atoms with Crippen LogP contribution in [0.4, 0.5) is 0 Å². The molecular formula is C10H19NO4S. The number of carbonyl (C=O) groups is 1. The van der Waals surface area contributed by atoms with Gasteiger partial charge in [-0.3, -0.25) is 4.79 Å². The first kappa shape index (κ1) is 13.4. The lowest BCUT2D eigenvalue weighted by molar-refractivity contribution is -0.146. The molecule has 0 spiro atoms. The molecule has 2 N–H and O–H groups in total. The van der Waals surface area contributed by atoms with E-state index < -0.39 is 21.5 Å². The van der Waals surface area contributed by atoms with E-state index in [0.717, 1.165) is 12.8 Å². The summed E-state index contributed by atoms with van der Waals surface area (Å²) >= 11 is 0. The molecule has 0 saturated heterocycles. The average Bonchev–Trinajstić information content (AvgIpc) is 2.17. The number of aliphatic carboxylic acids is 1. The first-order valence-corrected chi connectivity index (χ1v) is 7.21. The highest BCUT2D eigenvalue weighted by molar-refractivity contribution is 7.89. The highest BCUT2D eigenvalue weighted by Gasteiger charge is 2.44. The van der Waals surface area contributed by atoms with Gasteiger partial charge in [0.25, 0.3) is 0 Å². The Morgan fingerprint density at radius 1 is 1.56 bits per heavy atom. The van der Waals surface area contributed by atoms with E-state index in [4.69, 9.17) is 0 Å². The third kappa shape index (κ3) is 2.95. The Labute approximate surface area is 96.3 Å². The zero-order valence-corrected chi connectivity index (χ0v) is 10.5. The molecule has 0 aromatic heterocycles. The van der Waals surface area contributed by atoms with Crippen LogP contribution in [0.3, 0.4) is 0 Å². The Balaban J connectivity index is 2.93. The summed E-state index contributed by atoms with van der Waals surface area (Å²) in [6.07, 6.45) is 2.47. The molecule has 0 aromatic rings. The summed E-state index contributed by atoms with van der Waals surface area (Å²) in [5.41, 5.74) is -1.29. The van der Waals surface area contributed by atoms with Gasteiger partial charge < -0.3 is 5.11 Å². The maximum Gasteiger partial charge on any atom is 0.324 e. The van der Waals surface area contributed by atoms with Gasteiger partial charge >= 0.3 is 5.97 Å². The second-order valence-corrected chi connectivity index (χ2v) is 6.61. The molecule has 1 saturated carbocycles. The van der Waals surface area contributed by atoms with E-state index in [-0.39, 0.29) is 11.7 Å². The second kappa shape index (κ2) is 4.71. The predicted molar refractivity (Wildman–Crippen MR) is 60.6 cm³/mol. The number of carboxylic acids is 1. The van der Waals surface area contributed by atoms with Gasteiger partial charge in [-0.2, -0.15) is 4.72 Å². The first-order valence-electron chi connectivity index (χ1n) is 5.56. The van der Waals surface area contributed by atoms with Crippen LogP contribution in [-0.4, -0.2) is 30.8 Å². The van der Waals surface area contributed by atoms with Gasteiger partial charge in [0.05, 0.1) is 5.75 Å². The monoisotopic (exact) mass is 249 g/mol. The molecule has 0 heterocycles. The highest BCUT2D eigenvalue weighted by atomic mass is 32.2. The fourth-order valence-corrected chi connectivity index (χ4v) is 3.26. The van der Waals surface area contributed by atoms with E-state index in [1.165, 1.54) is 6.92 Å². The van der Waals surface area contributed by atoms with Crippen LogP contribution in [0.5, 0.6) is 0 Å². The fourth-order valence-electron chi connectivity index (χ4n) is 2.25. The molecule has 2 unspecified atom stereocenters. The minimum atomic E-state index is -3.48. The van der Waals surface area contributed by atoms with Gasteiger partial charge in [0, 0.05) is 0 Å². The van der Waals surface area contributed by atoms with Gasteiger partial charge in [0.2, 0.25) is 10.0 Å². The van der Waals surface area contributed by atoms with Gasteiger partial charge in [-0.05, 0) is 25.7 Å². The van der Waals surface area contributed by atoms with Crippen LogP contribution >= 0.6 is 0 Å². The largest absolute Gasteiger partial charge is 0.480 e. The van der Waals surface area contributed by atoms with Gasteiger partial charge in [-0.15, -0.1) is 0 Å². The summed E-state index contributed by atoms with van der Waals surface area (Å²) in [7, 11) is -3.48. The smallest absolute Gasteiger partial charge is 0.324 e. The zero-order valence-electron chi connectivity index (χ0n) is 9.69. The molecule has 0 amide bonds. The molecule has 2 atom stereocenters. The van der Waals surface area contributed by atoms with Crippen molar-refractivity contribution in [3.8, 4) is 0 Å². The zero-order chi connectivity index (χ0) is 12.4. The molecule has 1 rings (SSSR count). The van der Waals surface area contributed by atoms with Crippen molar-refractivity contribution in [2.75, 3.05) is 5.75 Å². The first-order chi connectivity index (χ1) is 7.31. The summed E-state index contributed by atoms with van der Waals surface area (Å²) in [6.45, 7) is 3.46. The van der Waals surface area contributed by atoms with Crippen molar-refractivity contribution >= 4 is 16.0 Å². The van der Waals surface area contributed by atoms with Crippen molar-refractivity contribution < 1.29 is 18.3 Å². The second-order valence-electron chi connectivity index (χ2n) is 4.59. The summed E-state index contributed by atoms with van der Waals surface area (Å²) < 4.78 is 25.4. The van der Waals surface area contributed by atoms with E-state index in [9.17, 15) is 18.3 Å². The molecule has 94 valence electrons. The Morgan fingerprint density at radius 2 is 2.19 bits per heavy atom. The SMILES string of the molecule is CCS(=O)(=O)NC1(C(=O)O)CCCC(C)C1. The summed E-state index contributed by atoms with van der Waals surface area (Å²) in [5, 5.41) is 9.24. The molecule has 0 aliphatic heterocycles. The van der Waals surface area contributed by atoms with Crippen LogP contribution in [0, 0.1) is 5.92 Å². The van der Waals surface area contributed by atoms with Gasteiger partial charge in [0.15, 0.2) is 0 Å². The molecule has 1 aliphatic rings. The van der Waals surface area contributed by atoms with Crippen LogP contribution in [0.1, 0.15) is 39.5 Å². The number of rotatable bonds is 4. The van der Waals surface area contributed by atoms with Gasteiger partial charge in [0.1, 0.15) is 5.54 Å². The Kier molecular flexibility index (Phi) is 3.96. The number of hydrogen-bond acceptors (Lipinski definition) is 3. The Morgan fingerprint density at radius 3 is 2.62 bits per heavy atom. The van der Waals surface area contributed by atoms with Crippen molar-refractivity contribution in [3.63, 3.8) is 0 Å². The Hall–Kier alpha value is -0.620. The molecule has 0 aromatic carbocycles. The molecule has 0 radical (unpaired) electrons. The van der Waals surface area contributed by atoms with Crippen molar-refractivity contribution in [3.05, 3.63) is 0 Å². The van der Waals surface area contributed by atoms with Crippen molar-refractivity contribution in [1.29, 1.82) is 0 Å². The lowest BCUT2D eigenvalue weighted by Crippen LogP contribution is -2.57. The van der Waals surface area contributed by atoms with Gasteiger partial charge in [-0.1, -0.05) is 19.8 Å². The molecule has 6 heteroatoms. The minimum absolute atomic E-state index is 0.0869. The lowest BCUT2D eigenvalue weighted by Gasteiger charge is -2.36. The molecular weight excluding hydrogens is 230 g/mol. The summed E-state index contributed by atoms with van der Waals surface area (Å²) in [4.78, 5) is 11.3. The molecule has 5 nitrogen and oxygen atoms in total. The van der Waals surface area contributed by atoms with E-state index in [1.807, 2.05) is 6.92 Å². The number of sulfonamides is 1. The van der Waals surface area contributed by atoms with Crippen LogP contribution in [0.15, 0.2) is 0 Å². The molecule has 1 fully saturated rings. The maximum absolute atomic E-state index is 11.5. The van der Waals surface area contributed by atoms with Crippen LogP contribution in [0.2, 0.25) is 0 Å². The molecule has 0 bridgehead atoms. The van der Waals surface area contributed by atoms with E-state index in [0.29, 0.717) is 12.8 Å². The van der Waals surface area contributed by atoms with Crippen LogP contribution < -0.4 is 4.72 Å². The lowest BCUT2D eigenvalue weighted by atomic mass is 9.77. The van der Waals surface area contributed by atoms with E-state index in [1.54, 1.807) is 0 Å². The van der Waals surface area contributed by atoms with Gasteiger partial charge in [-0.25, -0.2) is 8.42 Å². The maximum atomic E-state index is 11.5. The normalized spacial score (nSPS) is 31.2. The quantitative estimate of drug-likeness (QED) is 0.777. The number of hydrogen-bond donors (Lipinski definition) is 2. The highest BCUT2D eigenvalue weighted by Crippen LogP contribution is 2.33. The standard InChI is InChI=1S/C10H19NO4S/c1-3-16(14,15)11-10(9(12)13)6-4-5-8(2)7-10/h8,11H,3-7H2,1-2H3,(H,12,13). The van der Waals surface area contributed by atoms with Crippen molar-refractivity contribution in [1.82, 2.24) is 4.72 Å². The summed E-state index contributed by atoms with van der Waals surface area (Å²) in [6, 6.07) is 0. The Bertz CT molecular complexity index is 365. The number of carboxylic acid groups (broad SMARTS) is 1. The third-order valence-electron chi connectivity index (χ3n) is 3.14. The average molecular weight is 249 g/mol. The van der Waals surface area contributed by atoms with Crippen molar-refractivity contribution in [2.24, 2.45) is 5.92 Å². The summed E-state index contributed by atoms with van der Waals surface area (Å²) in [5.74, 6) is -0.906. The predicted octanol–water partition coefficient (Wildman–Crippen LogP) is 0.959. The third-order valence-corrected chi connectivity index (χ3v) is 4.60. The molecule has 16 heavy (non-hydrogen) atoms. The van der Waals surface area contributed by atoms with Crippen molar-refractivity contribution in [2.45, 2.75) is 45.1 Å². The topological polar surface area (TPSA) is 83.5 Å². The number of nitrogens with one attached hydrogen (secondary N) is 1. The van der Waals surface area contributed by atoms with E-state index in [2.05, 4.69) is 4.72 Å². The van der Waals surface area contributed by atoms with Crippen LogP contribution in [0.25, 0.3) is 0 Å². The van der Waals surface area contributed by atoms with Crippen LogP contribution in [-0.2, 0) is 14.8 Å². The molecule has 1 aliphatic carbocycles. The minimum Gasteiger partial charge on any atom is -0.480 e. The van der Waals surface area contributed by atoms with E-state index >= 15 is 0 Å². The fraction of sp³-hybridized carbons (Fsp3) is 0.900.